The Labute approximate surface area is 153 Å². The number of carbonyl (C=O) groups is 1. The normalized spacial score (nSPS) is 18.7. The molecule has 0 spiro atoms. The minimum absolute atomic E-state index is 0.0460. The summed E-state index contributed by atoms with van der Waals surface area (Å²) in [7, 11) is 0. The fraction of sp³-hybridized carbons (Fsp3) is 0.381. The third-order valence-electron chi connectivity index (χ3n) is 5.43. The molecule has 1 aromatic carbocycles. The molecule has 2 aliphatic rings. The predicted octanol–water partition coefficient (Wildman–Crippen LogP) is 2.99. The lowest BCUT2D eigenvalue weighted by atomic mass is 10.1. The molecule has 0 bridgehead atoms. The second kappa shape index (κ2) is 6.45. The van der Waals surface area contributed by atoms with Gasteiger partial charge in [0.15, 0.2) is 0 Å². The smallest absolute Gasteiger partial charge is 0.231 e. The SMILES string of the molecule is Cc1cc(C)c(C#N)c(N2CCC(C(=O)N3CCc4ccccc43)C2)n1. The number of hydrogen-bond acceptors (Lipinski definition) is 4. The minimum atomic E-state index is -0.0460. The van der Waals surface area contributed by atoms with Crippen LogP contribution >= 0.6 is 0 Å². The van der Waals surface area contributed by atoms with Crippen LogP contribution in [-0.2, 0) is 11.2 Å². The summed E-state index contributed by atoms with van der Waals surface area (Å²) < 4.78 is 0. The standard InChI is InChI=1S/C21H22N4O/c1-14-11-15(2)23-20(18(14)12-22)24-9-7-17(13-24)21(26)25-10-8-16-5-3-4-6-19(16)25/h3-6,11,17H,7-10,13H2,1-2H3. The van der Waals surface area contributed by atoms with Gasteiger partial charge in [0, 0.05) is 31.0 Å². The number of aryl methyl sites for hydroxylation is 2. The number of fused-ring (bicyclic) bond motifs is 1. The van der Waals surface area contributed by atoms with Crippen molar-refractivity contribution in [3.63, 3.8) is 0 Å². The highest BCUT2D eigenvalue weighted by molar-refractivity contribution is 5.97. The van der Waals surface area contributed by atoms with Gasteiger partial charge in [0.1, 0.15) is 11.9 Å². The Kier molecular flexibility index (Phi) is 4.12. The van der Waals surface area contributed by atoms with Gasteiger partial charge in [-0.15, -0.1) is 0 Å². The van der Waals surface area contributed by atoms with Crippen LogP contribution in [0.15, 0.2) is 30.3 Å². The number of benzene rings is 1. The van der Waals surface area contributed by atoms with Crippen LogP contribution in [0.1, 0.15) is 28.8 Å². The van der Waals surface area contributed by atoms with Crippen LogP contribution in [-0.4, -0.2) is 30.5 Å². The molecular formula is C21H22N4O. The molecule has 1 unspecified atom stereocenters. The lowest BCUT2D eigenvalue weighted by molar-refractivity contribution is -0.121. The summed E-state index contributed by atoms with van der Waals surface area (Å²) in [5.74, 6) is 0.873. The fourth-order valence-corrected chi connectivity index (χ4v) is 4.13. The molecule has 0 saturated carbocycles. The molecule has 1 amide bonds. The molecule has 5 nitrogen and oxygen atoms in total. The molecule has 5 heteroatoms. The van der Waals surface area contributed by atoms with Gasteiger partial charge in [-0.25, -0.2) is 4.98 Å². The van der Waals surface area contributed by atoms with Crippen molar-refractivity contribution in [1.29, 1.82) is 5.26 Å². The van der Waals surface area contributed by atoms with Crippen molar-refractivity contribution < 1.29 is 4.79 Å². The van der Waals surface area contributed by atoms with Crippen LogP contribution in [0.3, 0.4) is 0 Å². The maximum absolute atomic E-state index is 13.1. The van der Waals surface area contributed by atoms with Crippen LogP contribution in [0.4, 0.5) is 11.5 Å². The van der Waals surface area contributed by atoms with E-state index in [-0.39, 0.29) is 11.8 Å². The molecule has 0 aliphatic carbocycles. The van der Waals surface area contributed by atoms with Crippen molar-refractivity contribution in [3.8, 4) is 6.07 Å². The van der Waals surface area contributed by atoms with E-state index in [0.717, 1.165) is 48.7 Å². The zero-order chi connectivity index (χ0) is 18.3. The van der Waals surface area contributed by atoms with E-state index >= 15 is 0 Å². The van der Waals surface area contributed by atoms with Gasteiger partial charge in [-0.1, -0.05) is 18.2 Å². The Morgan fingerprint density at radius 3 is 2.88 bits per heavy atom. The Hall–Kier alpha value is -2.87. The van der Waals surface area contributed by atoms with Crippen LogP contribution in [0.5, 0.6) is 0 Å². The number of carbonyl (C=O) groups excluding carboxylic acids is 1. The maximum Gasteiger partial charge on any atom is 0.231 e. The predicted molar refractivity (Wildman–Crippen MR) is 101 cm³/mol. The number of amides is 1. The number of rotatable bonds is 2. The molecule has 0 radical (unpaired) electrons. The first-order valence-electron chi connectivity index (χ1n) is 9.11. The Morgan fingerprint density at radius 2 is 2.08 bits per heavy atom. The van der Waals surface area contributed by atoms with E-state index in [1.54, 1.807) is 0 Å². The van der Waals surface area contributed by atoms with Crippen LogP contribution in [0, 0.1) is 31.1 Å². The molecule has 2 aliphatic heterocycles. The zero-order valence-electron chi connectivity index (χ0n) is 15.2. The Balaban J connectivity index is 1.55. The Bertz CT molecular complexity index is 915. The Morgan fingerprint density at radius 1 is 1.27 bits per heavy atom. The van der Waals surface area contributed by atoms with E-state index < -0.39 is 0 Å². The minimum Gasteiger partial charge on any atom is -0.355 e. The second-order valence-corrected chi connectivity index (χ2v) is 7.19. The summed E-state index contributed by atoms with van der Waals surface area (Å²) in [5.41, 5.74) is 4.77. The van der Waals surface area contributed by atoms with Crippen molar-refractivity contribution in [1.82, 2.24) is 4.98 Å². The molecule has 26 heavy (non-hydrogen) atoms. The molecule has 4 rings (SSSR count). The van der Waals surface area contributed by atoms with Crippen LogP contribution in [0.2, 0.25) is 0 Å². The van der Waals surface area contributed by atoms with Gasteiger partial charge in [-0.3, -0.25) is 4.79 Å². The third-order valence-corrected chi connectivity index (χ3v) is 5.43. The summed E-state index contributed by atoms with van der Waals surface area (Å²) in [6.07, 6.45) is 1.73. The number of pyridine rings is 1. The monoisotopic (exact) mass is 346 g/mol. The first-order chi connectivity index (χ1) is 12.6. The lowest BCUT2D eigenvalue weighted by Gasteiger charge is -2.23. The van der Waals surface area contributed by atoms with Gasteiger partial charge >= 0.3 is 0 Å². The molecular weight excluding hydrogens is 324 g/mol. The van der Waals surface area contributed by atoms with Gasteiger partial charge in [-0.2, -0.15) is 5.26 Å². The van der Waals surface area contributed by atoms with Crippen molar-refractivity contribution in [2.24, 2.45) is 5.92 Å². The van der Waals surface area contributed by atoms with E-state index in [1.165, 1.54) is 5.56 Å². The highest BCUT2D eigenvalue weighted by Gasteiger charge is 2.35. The highest BCUT2D eigenvalue weighted by atomic mass is 16.2. The van der Waals surface area contributed by atoms with Crippen molar-refractivity contribution >= 4 is 17.4 Å². The molecule has 1 atom stereocenters. The van der Waals surface area contributed by atoms with E-state index in [4.69, 9.17) is 0 Å². The fourth-order valence-electron chi connectivity index (χ4n) is 4.13. The maximum atomic E-state index is 13.1. The molecule has 3 heterocycles. The number of nitrogens with zero attached hydrogens (tertiary/aromatic N) is 4. The lowest BCUT2D eigenvalue weighted by Crippen LogP contribution is -2.36. The van der Waals surface area contributed by atoms with Crippen molar-refractivity contribution in [2.45, 2.75) is 26.7 Å². The number of aromatic nitrogens is 1. The number of hydrogen-bond donors (Lipinski definition) is 0. The summed E-state index contributed by atoms with van der Waals surface area (Å²) in [5, 5.41) is 9.52. The summed E-state index contributed by atoms with van der Waals surface area (Å²) in [6, 6.07) is 12.4. The second-order valence-electron chi connectivity index (χ2n) is 7.19. The molecule has 1 fully saturated rings. The summed E-state index contributed by atoms with van der Waals surface area (Å²) in [6.45, 7) is 6.03. The molecule has 2 aromatic rings. The number of anilines is 2. The number of nitriles is 1. The molecule has 1 aromatic heterocycles. The van der Waals surface area contributed by atoms with Crippen LogP contribution in [0.25, 0.3) is 0 Å². The molecule has 1 saturated heterocycles. The van der Waals surface area contributed by atoms with Gasteiger partial charge in [-0.05, 0) is 49.9 Å². The molecule has 132 valence electrons. The average molecular weight is 346 g/mol. The van der Waals surface area contributed by atoms with E-state index in [0.29, 0.717) is 12.1 Å². The van der Waals surface area contributed by atoms with Gasteiger partial charge in [0.2, 0.25) is 5.91 Å². The average Bonchev–Trinajstić information content (AvgIpc) is 3.28. The van der Waals surface area contributed by atoms with E-state index in [2.05, 4.69) is 22.0 Å². The molecule has 0 N–H and O–H groups in total. The highest BCUT2D eigenvalue weighted by Crippen LogP contribution is 2.32. The van der Waals surface area contributed by atoms with Gasteiger partial charge < -0.3 is 9.80 Å². The van der Waals surface area contributed by atoms with Gasteiger partial charge in [0.25, 0.3) is 0 Å². The first-order valence-corrected chi connectivity index (χ1v) is 9.11. The zero-order valence-corrected chi connectivity index (χ0v) is 15.2. The topological polar surface area (TPSA) is 60.2 Å². The van der Waals surface area contributed by atoms with Crippen LogP contribution < -0.4 is 9.80 Å². The largest absolute Gasteiger partial charge is 0.355 e. The van der Waals surface area contributed by atoms with Crippen molar-refractivity contribution in [3.05, 3.63) is 52.7 Å². The summed E-state index contributed by atoms with van der Waals surface area (Å²) in [4.78, 5) is 21.7. The summed E-state index contributed by atoms with van der Waals surface area (Å²) >= 11 is 0. The number of para-hydroxylation sites is 1. The van der Waals surface area contributed by atoms with Crippen molar-refractivity contribution in [2.75, 3.05) is 29.4 Å². The van der Waals surface area contributed by atoms with Gasteiger partial charge in [0.05, 0.1) is 11.5 Å². The first kappa shape index (κ1) is 16.6. The van der Waals surface area contributed by atoms with E-state index in [1.807, 2.05) is 43.0 Å². The third kappa shape index (κ3) is 2.72. The quantitative estimate of drug-likeness (QED) is 0.839. The van der Waals surface area contributed by atoms with E-state index in [9.17, 15) is 10.1 Å².